The van der Waals surface area contributed by atoms with Crippen LogP contribution in [0.1, 0.15) is 45.4 Å². The third kappa shape index (κ3) is 2.89. The van der Waals surface area contributed by atoms with Crippen LogP contribution in [0, 0.1) is 0 Å². The van der Waals surface area contributed by atoms with Gasteiger partial charge in [-0.1, -0.05) is 13.3 Å². The Hall–Kier alpha value is -0.160. The molecule has 3 aliphatic rings. The van der Waals surface area contributed by atoms with Gasteiger partial charge in [0, 0.05) is 44.8 Å². The molecule has 0 spiro atoms. The number of methoxy groups -OCH3 is 1. The van der Waals surface area contributed by atoms with Crippen LogP contribution in [-0.2, 0) is 9.47 Å². The molecular weight excluding hydrogens is 252 g/mol. The van der Waals surface area contributed by atoms with Gasteiger partial charge in [0.1, 0.15) is 5.60 Å². The molecule has 0 saturated carbocycles. The monoisotopic (exact) mass is 282 g/mol. The highest BCUT2D eigenvalue weighted by molar-refractivity contribution is 4.99. The largest absolute Gasteiger partial charge is 0.378 e. The Kier molecular flexibility index (Phi) is 4.65. The van der Waals surface area contributed by atoms with Gasteiger partial charge < -0.3 is 14.8 Å². The summed E-state index contributed by atoms with van der Waals surface area (Å²) in [6.45, 7) is 6.02. The standard InChI is InChI=1S/C16H30N2O2/c1-3-17-13-9-14-5-4-6-15(10-13)18(14)11-16(19-2)7-8-20-12-16/h13-15,17H,3-12H2,1-2H3. The van der Waals surface area contributed by atoms with Crippen molar-refractivity contribution in [1.29, 1.82) is 0 Å². The van der Waals surface area contributed by atoms with Gasteiger partial charge in [-0.05, 0) is 32.2 Å². The topological polar surface area (TPSA) is 33.7 Å². The minimum atomic E-state index is -0.0428. The van der Waals surface area contributed by atoms with E-state index < -0.39 is 0 Å². The molecule has 3 saturated heterocycles. The third-order valence-corrected chi connectivity index (χ3v) is 5.59. The summed E-state index contributed by atoms with van der Waals surface area (Å²) in [6.07, 6.45) is 7.80. The van der Waals surface area contributed by atoms with Gasteiger partial charge in [-0.3, -0.25) is 4.90 Å². The van der Waals surface area contributed by atoms with Crippen molar-refractivity contribution in [1.82, 2.24) is 10.2 Å². The average Bonchev–Trinajstić information content (AvgIpc) is 2.89. The molecule has 3 rings (SSSR count). The van der Waals surface area contributed by atoms with E-state index in [0.29, 0.717) is 0 Å². The number of hydrogen-bond donors (Lipinski definition) is 1. The van der Waals surface area contributed by atoms with Crippen molar-refractivity contribution in [3.05, 3.63) is 0 Å². The molecule has 3 fully saturated rings. The molecule has 1 N–H and O–H groups in total. The number of piperidine rings is 2. The Labute approximate surface area is 123 Å². The van der Waals surface area contributed by atoms with Crippen molar-refractivity contribution in [2.75, 3.05) is 33.4 Å². The van der Waals surface area contributed by atoms with Crippen LogP contribution < -0.4 is 5.32 Å². The zero-order valence-electron chi connectivity index (χ0n) is 13.1. The minimum Gasteiger partial charge on any atom is -0.378 e. The SMILES string of the molecule is CCNC1CC2CCCC(C1)N2CC1(OC)CCOC1. The van der Waals surface area contributed by atoms with Gasteiger partial charge in [0.25, 0.3) is 0 Å². The molecule has 4 heteroatoms. The highest BCUT2D eigenvalue weighted by Crippen LogP contribution is 2.37. The molecule has 4 nitrogen and oxygen atoms in total. The maximum absolute atomic E-state index is 5.86. The van der Waals surface area contributed by atoms with Crippen molar-refractivity contribution in [2.45, 2.75) is 69.2 Å². The van der Waals surface area contributed by atoms with Crippen molar-refractivity contribution < 1.29 is 9.47 Å². The summed E-state index contributed by atoms with van der Waals surface area (Å²) in [5.41, 5.74) is -0.0428. The lowest BCUT2D eigenvalue weighted by Crippen LogP contribution is -2.60. The number of ether oxygens (including phenoxy) is 2. The van der Waals surface area contributed by atoms with Gasteiger partial charge in [0.05, 0.1) is 6.61 Å². The molecular formula is C16H30N2O2. The average molecular weight is 282 g/mol. The normalized spacial score (nSPS) is 42.0. The first-order valence-corrected chi connectivity index (χ1v) is 8.38. The lowest BCUT2D eigenvalue weighted by Gasteiger charge is -2.51. The Morgan fingerprint density at radius 2 is 2.05 bits per heavy atom. The molecule has 20 heavy (non-hydrogen) atoms. The Bertz CT molecular complexity index is 304. The first-order chi connectivity index (χ1) is 9.76. The Balaban J connectivity index is 1.67. The quantitative estimate of drug-likeness (QED) is 0.833. The highest BCUT2D eigenvalue weighted by atomic mass is 16.5. The first-order valence-electron chi connectivity index (χ1n) is 8.38. The number of nitrogens with zero attached hydrogens (tertiary/aromatic N) is 1. The number of hydrogen-bond acceptors (Lipinski definition) is 4. The van der Waals surface area contributed by atoms with E-state index in [0.717, 1.165) is 50.8 Å². The summed E-state index contributed by atoms with van der Waals surface area (Å²) < 4.78 is 11.5. The fraction of sp³-hybridized carbons (Fsp3) is 1.00. The molecule has 0 aromatic carbocycles. The van der Waals surface area contributed by atoms with E-state index in [9.17, 15) is 0 Å². The van der Waals surface area contributed by atoms with Crippen LogP contribution in [0.15, 0.2) is 0 Å². The molecule has 3 aliphatic heterocycles. The van der Waals surface area contributed by atoms with Crippen molar-refractivity contribution >= 4 is 0 Å². The van der Waals surface area contributed by atoms with Gasteiger partial charge in [-0.25, -0.2) is 0 Å². The van der Waals surface area contributed by atoms with Gasteiger partial charge >= 0.3 is 0 Å². The minimum absolute atomic E-state index is 0.0428. The highest BCUT2D eigenvalue weighted by Gasteiger charge is 2.44. The smallest absolute Gasteiger partial charge is 0.106 e. The predicted octanol–water partition coefficient (Wildman–Crippen LogP) is 1.79. The second-order valence-electron chi connectivity index (χ2n) is 6.83. The van der Waals surface area contributed by atoms with Crippen LogP contribution in [-0.4, -0.2) is 62.0 Å². The molecule has 3 unspecified atom stereocenters. The lowest BCUT2D eigenvalue weighted by atomic mass is 9.80. The van der Waals surface area contributed by atoms with Crippen molar-refractivity contribution in [3.8, 4) is 0 Å². The molecule has 0 radical (unpaired) electrons. The van der Waals surface area contributed by atoms with E-state index >= 15 is 0 Å². The maximum atomic E-state index is 5.86. The summed E-state index contributed by atoms with van der Waals surface area (Å²) in [5, 5.41) is 3.67. The van der Waals surface area contributed by atoms with E-state index in [-0.39, 0.29) is 5.60 Å². The van der Waals surface area contributed by atoms with E-state index in [1.54, 1.807) is 0 Å². The molecule has 0 amide bonds. The molecule has 2 bridgehead atoms. The molecule has 0 aromatic rings. The van der Waals surface area contributed by atoms with Crippen molar-refractivity contribution in [2.24, 2.45) is 0 Å². The second kappa shape index (κ2) is 6.30. The maximum Gasteiger partial charge on any atom is 0.106 e. The van der Waals surface area contributed by atoms with Crippen LogP contribution in [0.3, 0.4) is 0 Å². The predicted molar refractivity (Wildman–Crippen MR) is 80.0 cm³/mol. The first kappa shape index (κ1) is 14.8. The summed E-state index contributed by atoms with van der Waals surface area (Å²) in [5.74, 6) is 0. The van der Waals surface area contributed by atoms with Crippen LogP contribution >= 0.6 is 0 Å². The van der Waals surface area contributed by atoms with E-state index in [1.807, 2.05) is 7.11 Å². The van der Waals surface area contributed by atoms with Crippen LogP contribution in [0.4, 0.5) is 0 Å². The Morgan fingerprint density at radius 1 is 1.30 bits per heavy atom. The Morgan fingerprint density at radius 3 is 2.60 bits per heavy atom. The summed E-state index contributed by atoms with van der Waals surface area (Å²) in [4.78, 5) is 2.76. The molecule has 0 aliphatic carbocycles. The van der Waals surface area contributed by atoms with E-state index in [4.69, 9.17) is 9.47 Å². The number of nitrogens with one attached hydrogen (secondary N) is 1. The fourth-order valence-electron chi connectivity index (χ4n) is 4.46. The summed E-state index contributed by atoms with van der Waals surface area (Å²) in [6, 6.07) is 2.23. The summed E-state index contributed by atoms with van der Waals surface area (Å²) in [7, 11) is 1.86. The van der Waals surface area contributed by atoms with Gasteiger partial charge in [0.2, 0.25) is 0 Å². The molecule has 0 aromatic heterocycles. The molecule has 116 valence electrons. The van der Waals surface area contributed by atoms with Crippen molar-refractivity contribution in [3.63, 3.8) is 0 Å². The third-order valence-electron chi connectivity index (χ3n) is 5.59. The number of rotatable bonds is 5. The molecule has 3 atom stereocenters. The van der Waals surface area contributed by atoms with Gasteiger partial charge in [-0.15, -0.1) is 0 Å². The lowest BCUT2D eigenvalue weighted by molar-refractivity contribution is -0.0800. The van der Waals surface area contributed by atoms with E-state index in [1.165, 1.54) is 32.1 Å². The fourth-order valence-corrected chi connectivity index (χ4v) is 4.46. The van der Waals surface area contributed by atoms with Gasteiger partial charge in [-0.2, -0.15) is 0 Å². The second-order valence-corrected chi connectivity index (χ2v) is 6.83. The zero-order valence-corrected chi connectivity index (χ0v) is 13.1. The zero-order chi connectivity index (χ0) is 14.0. The van der Waals surface area contributed by atoms with Crippen LogP contribution in [0.2, 0.25) is 0 Å². The number of fused-ring (bicyclic) bond motifs is 2. The van der Waals surface area contributed by atoms with Crippen LogP contribution in [0.25, 0.3) is 0 Å². The van der Waals surface area contributed by atoms with Crippen LogP contribution in [0.5, 0.6) is 0 Å². The van der Waals surface area contributed by atoms with E-state index in [2.05, 4.69) is 17.1 Å². The van der Waals surface area contributed by atoms with Gasteiger partial charge in [0.15, 0.2) is 0 Å². The molecule has 3 heterocycles. The summed E-state index contributed by atoms with van der Waals surface area (Å²) >= 11 is 0.